The van der Waals surface area contributed by atoms with E-state index in [-0.39, 0.29) is 12.0 Å². The summed E-state index contributed by atoms with van der Waals surface area (Å²) < 4.78 is 5.37. The fraction of sp³-hybridized carbons (Fsp3) is 0.700. The van der Waals surface area contributed by atoms with E-state index in [0.717, 1.165) is 12.2 Å². The first-order chi connectivity index (χ1) is 7.77. The van der Waals surface area contributed by atoms with Crippen molar-refractivity contribution in [1.82, 2.24) is 20.5 Å². The molecule has 2 N–H and O–H groups in total. The Bertz CT molecular complexity index is 339. The highest BCUT2D eigenvalue weighted by atomic mass is 16.5. The van der Waals surface area contributed by atoms with Crippen molar-refractivity contribution in [3.63, 3.8) is 0 Å². The molecule has 1 amide bonds. The number of hydrogen-bond donors (Lipinski definition) is 2. The van der Waals surface area contributed by atoms with Gasteiger partial charge in [0.05, 0.1) is 0 Å². The molecule has 1 fully saturated rings. The van der Waals surface area contributed by atoms with Gasteiger partial charge in [-0.3, -0.25) is 9.89 Å². The Hall–Kier alpha value is -1.43. The molecule has 6 heteroatoms. The van der Waals surface area contributed by atoms with Gasteiger partial charge in [-0.05, 0) is 12.3 Å². The minimum absolute atomic E-state index is 0.0236. The molecule has 2 heterocycles. The smallest absolute Gasteiger partial charge is 0.249 e. The van der Waals surface area contributed by atoms with Crippen LogP contribution in [0, 0.1) is 5.92 Å². The summed E-state index contributed by atoms with van der Waals surface area (Å²) in [6.45, 7) is 3.27. The first kappa shape index (κ1) is 11.1. The minimum atomic E-state index is -0.283. The molecule has 16 heavy (non-hydrogen) atoms. The maximum Gasteiger partial charge on any atom is 0.249 e. The third kappa shape index (κ3) is 2.57. The van der Waals surface area contributed by atoms with Crippen LogP contribution in [0.3, 0.4) is 0 Å². The lowest BCUT2D eigenvalue weighted by Gasteiger charge is -2.13. The molecule has 1 aliphatic rings. The van der Waals surface area contributed by atoms with E-state index < -0.39 is 0 Å². The van der Waals surface area contributed by atoms with Gasteiger partial charge in [0.1, 0.15) is 18.3 Å². The molecule has 2 rings (SSSR count). The lowest BCUT2D eigenvalue weighted by Crippen LogP contribution is -2.38. The lowest BCUT2D eigenvalue weighted by atomic mass is 10.0. The van der Waals surface area contributed by atoms with Crippen LogP contribution in [-0.2, 0) is 16.0 Å². The van der Waals surface area contributed by atoms with Crippen LogP contribution < -0.4 is 5.32 Å². The number of carbonyl (C=O) groups excluding carboxylic acids is 1. The van der Waals surface area contributed by atoms with Gasteiger partial charge in [0.25, 0.3) is 0 Å². The van der Waals surface area contributed by atoms with Crippen molar-refractivity contribution >= 4 is 5.91 Å². The number of rotatable bonds is 4. The van der Waals surface area contributed by atoms with Crippen molar-refractivity contribution in [1.29, 1.82) is 0 Å². The molecular weight excluding hydrogens is 208 g/mol. The van der Waals surface area contributed by atoms with E-state index in [1.165, 1.54) is 6.33 Å². The van der Waals surface area contributed by atoms with E-state index >= 15 is 0 Å². The topological polar surface area (TPSA) is 79.9 Å². The Morgan fingerprint density at radius 1 is 1.75 bits per heavy atom. The summed E-state index contributed by atoms with van der Waals surface area (Å²) in [5, 5.41) is 9.32. The van der Waals surface area contributed by atoms with Crippen molar-refractivity contribution in [2.24, 2.45) is 5.92 Å². The van der Waals surface area contributed by atoms with Crippen LogP contribution in [0.1, 0.15) is 19.2 Å². The lowest BCUT2D eigenvalue weighted by molar-refractivity contribution is -0.131. The number of ether oxygens (including phenoxy) is 1. The maximum atomic E-state index is 11.7. The molecule has 0 radical (unpaired) electrons. The minimum Gasteiger partial charge on any atom is -0.368 e. The molecular formula is C10H16N4O2. The molecule has 0 aromatic carbocycles. The van der Waals surface area contributed by atoms with Crippen LogP contribution in [0.2, 0.25) is 0 Å². The maximum absolute atomic E-state index is 11.7. The van der Waals surface area contributed by atoms with Gasteiger partial charge in [-0.2, -0.15) is 5.10 Å². The number of aromatic nitrogens is 3. The molecule has 6 nitrogen and oxygen atoms in total. The Morgan fingerprint density at radius 2 is 2.62 bits per heavy atom. The normalized spacial score (nSPS) is 24.6. The third-order valence-corrected chi connectivity index (χ3v) is 2.77. The summed E-state index contributed by atoms with van der Waals surface area (Å²) in [6, 6.07) is 0. The Labute approximate surface area is 93.8 Å². The summed E-state index contributed by atoms with van der Waals surface area (Å²) >= 11 is 0. The van der Waals surface area contributed by atoms with Crippen LogP contribution in [0.5, 0.6) is 0 Å². The number of nitrogens with zero attached hydrogens (tertiary/aromatic N) is 2. The molecule has 0 spiro atoms. The zero-order chi connectivity index (χ0) is 11.4. The standard InChI is InChI=1S/C10H16N4O2/c1-7-3-5-16-9(7)10(15)11-4-2-8-12-6-13-14-8/h6-7,9H,2-5H2,1H3,(H,11,15)(H,12,13,14). The zero-order valence-electron chi connectivity index (χ0n) is 9.27. The van der Waals surface area contributed by atoms with Crippen LogP contribution in [0.4, 0.5) is 0 Å². The number of aromatic amines is 1. The number of nitrogens with one attached hydrogen (secondary N) is 2. The number of hydrogen-bond acceptors (Lipinski definition) is 4. The molecule has 1 aromatic rings. The second-order valence-electron chi connectivity index (χ2n) is 4.03. The predicted octanol–water partition coefficient (Wildman–Crippen LogP) is -0.112. The van der Waals surface area contributed by atoms with E-state index in [9.17, 15) is 4.79 Å². The monoisotopic (exact) mass is 224 g/mol. The van der Waals surface area contributed by atoms with E-state index in [4.69, 9.17) is 4.74 Å². The van der Waals surface area contributed by atoms with Crippen LogP contribution in [-0.4, -0.2) is 40.3 Å². The van der Waals surface area contributed by atoms with E-state index in [2.05, 4.69) is 20.5 Å². The average Bonchev–Trinajstić information content (AvgIpc) is 2.88. The van der Waals surface area contributed by atoms with E-state index in [1.807, 2.05) is 6.92 Å². The fourth-order valence-corrected chi connectivity index (χ4v) is 1.79. The van der Waals surface area contributed by atoms with Crippen molar-refractivity contribution in [2.75, 3.05) is 13.2 Å². The van der Waals surface area contributed by atoms with Gasteiger partial charge < -0.3 is 10.1 Å². The summed E-state index contributed by atoms with van der Waals surface area (Å²) in [4.78, 5) is 15.7. The Kier molecular flexibility index (Phi) is 3.51. The van der Waals surface area contributed by atoms with E-state index in [0.29, 0.717) is 25.5 Å². The number of carbonyl (C=O) groups is 1. The molecule has 2 atom stereocenters. The zero-order valence-corrected chi connectivity index (χ0v) is 9.27. The fourth-order valence-electron chi connectivity index (χ4n) is 1.79. The van der Waals surface area contributed by atoms with Gasteiger partial charge in [0.15, 0.2) is 0 Å². The Balaban J connectivity index is 1.71. The van der Waals surface area contributed by atoms with Gasteiger partial charge in [0.2, 0.25) is 5.91 Å². The highest BCUT2D eigenvalue weighted by Gasteiger charge is 2.30. The molecule has 0 aliphatic carbocycles. The predicted molar refractivity (Wildman–Crippen MR) is 56.6 cm³/mol. The SMILES string of the molecule is CC1CCOC1C(=O)NCCc1ncn[nH]1. The van der Waals surface area contributed by atoms with Crippen molar-refractivity contribution in [3.8, 4) is 0 Å². The van der Waals surface area contributed by atoms with Crippen LogP contribution >= 0.6 is 0 Å². The molecule has 0 saturated carbocycles. The van der Waals surface area contributed by atoms with Crippen LogP contribution in [0.25, 0.3) is 0 Å². The summed E-state index contributed by atoms with van der Waals surface area (Å²) in [5.41, 5.74) is 0. The largest absolute Gasteiger partial charge is 0.368 e. The number of amides is 1. The van der Waals surface area contributed by atoms with Gasteiger partial charge in [-0.15, -0.1) is 0 Å². The molecule has 88 valence electrons. The second kappa shape index (κ2) is 5.07. The first-order valence-electron chi connectivity index (χ1n) is 5.51. The van der Waals surface area contributed by atoms with Crippen molar-refractivity contribution in [2.45, 2.75) is 25.9 Å². The van der Waals surface area contributed by atoms with Gasteiger partial charge >= 0.3 is 0 Å². The first-order valence-corrected chi connectivity index (χ1v) is 5.51. The van der Waals surface area contributed by atoms with Gasteiger partial charge in [-0.1, -0.05) is 6.92 Å². The quantitative estimate of drug-likeness (QED) is 0.747. The molecule has 1 saturated heterocycles. The van der Waals surface area contributed by atoms with Crippen molar-refractivity contribution < 1.29 is 9.53 Å². The third-order valence-electron chi connectivity index (χ3n) is 2.77. The van der Waals surface area contributed by atoms with E-state index in [1.54, 1.807) is 0 Å². The second-order valence-corrected chi connectivity index (χ2v) is 4.03. The highest BCUT2D eigenvalue weighted by molar-refractivity contribution is 5.81. The van der Waals surface area contributed by atoms with Crippen LogP contribution in [0.15, 0.2) is 6.33 Å². The highest BCUT2D eigenvalue weighted by Crippen LogP contribution is 2.19. The molecule has 1 aromatic heterocycles. The van der Waals surface area contributed by atoms with Crippen molar-refractivity contribution in [3.05, 3.63) is 12.2 Å². The average molecular weight is 224 g/mol. The molecule has 0 bridgehead atoms. The van der Waals surface area contributed by atoms with Gasteiger partial charge in [-0.25, -0.2) is 4.98 Å². The Morgan fingerprint density at radius 3 is 3.25 bits per heavy atom. The number of H-pyrrole nitrogens is 1. The molecule has 2 unspecified atom stereocenters. The molecule has 1 aliphatic heterocycles. The summed E-state index contributed by atoms with van der Waals surface area (Å²) in [6.07, 6.45) is 2.79. The van der Waals surface area contributed by atoms with Gasteiger partial charge in [0, 0.05) is 19.6 Å². The summed E-state index contributed by atoms with van der Waals surface area (Å²) in [7, 11) is 0. The summed E-state index contributed by atoms with van der Waals surface area (Å²) in [5.74, 6) is 1.07.